The predicted molar refractivity (Wildman–Crippen MR) is 82.3 cm³/mol. The highest BCUT2D eigenvalue weighted by Crippen LogP contribution is 2.33. The lowest BCUT2D eigenvalue weighted by molar-refractivity contribution is 0.0981. The minimum atomic E-state index is 0.114. The van der Waals surface area contributed by atoms with E-state index in [9.17, 15) is 4.79 Å². The second-order valence-electron chi connectivity index (χ2n) is 5.68. The molecule has 2 aromatic rings. The molecule has 1 unspecified atom stereocenters. The molecule has 1 amide bonds. The Kier molecular flexibility index (Phi) is 3.09. The van der Waals surface area contributed by atoms with Crippen molar-refractivity contribution in [2.45, 2.75) is 33.2 Å². The summed E-state index contributed by atoms with van der Waals surface area (Å²) in [6.07, 6.45) is 0.937. The quantitative estimate of drug-likeness (QED) is 0.766. The number of aryl methyl sites for hydroxylation is 2. The maximum absolute atomic E-state index is 12.9. The second kappa shape index (κ2) is 4.78. The first-order valence-electron chi connectivity index (χ1n) is 7.06. The first-order chi connectivity index (χ1) is 9.58. The molecule has 3 rings (SSSR count). The van der Waals surface area contributed by atoms with Gasteiger partial charge in [0.1, 0.15) is 0 Å². The Hall–Kier alpha value is -2.09. The molecule has 0 N–H and O–H groups in total. The molecular weight excluding hydrogens is 246 g/mol. The summed E-state index contributed by atoms with van der Waals surface area (Å²) in [6.45, 7) is 6.14. The number of hydrogen-bond donors (Lipinski definition) is 0. The van der Waals surface area contributed by atoms with Gasteiger partial charge in [-0.15, -0.1) is 0 Å². The zero-order chi connectivity index (χ0) is 14.3. The van der Waals surface area contributed by atoms with E-state index in [1.807, 2.05) is 55.1 Å². The SMILES string of the molecule is Cc1ccc(C)c(C(=O)N2c3ccccc3CC2C)c1. The number of fused-ring (bicyclic) bond motifs is 1. The van der Waals surface area contributed by atoms with Crippen LogP contribution in [-0.4, -0.2) is 11.9 Å². The molecule has 0 aliphatic carbocycles. The van der Waals surface area contributed by atoms with Crippen molar-refractivity contribution < 1.29 is 4.79 Å². The van der Waals surface area contributed by atoms with Crippen LogP contribution in [0.4, 0.5) is 5.69 Å². The highest BCUT2D eigenvalue weighted by Gasteiger charge is 2.31. The van der Waals surface area contributed by atoms with Gasteiger partial charge in [-0.3, -0.25) is 4.79 Å². The van der Waals surface area contributed by atoms with Gasteiger partial charge in [-0.1, -0.05) is 35.9 Å². The largest absolute Gasteiger partial charge is 0.305 e. The van der Waals surface area contributed by atoms with Gasteiger partial charge >= 0.3 is 0 Å². The molecule has 0 radical (unpaired) electrons. The van der Waals surface area contributed by atoms with Gasteiger partial charge in [0, 0.05) is 17.3 Å². The predicted octanol–water partition coefficient (Wildman–Crippen LogP) is 3.89. The van der Waals surface area contributed by atoms with Crippen LogP contribution in [-0.2, 0) is 6.42 Å². The standard InChI is InChI=1S/C18H19NO/c1-12-8-9-13(2)16(10-12)18(20)19-14(3)11-15-6-4-5-7-17(15)19/h4-10,14H,11H2,1-3H3. The minimum absolute atomic E-state index is 0.114. The third-order valence-corrected chi connectivity index (χ3v) is 4.05. The van der Waals surface area contributed by atoms with E-state index in [-0.39, 0.29) is 11.9 Å². The van der Waals surface area contributed by atoms with Crippen molar-refractivity contribution in [2.24, 2.45) is 0 Å². The van der Waals surface area contributed by atoms with Crippen molar-refractivity contribution in [1.82, 2.24) is 0 Å². The summed E-state index contributed by atoms with van der Waals surface area (Å²) in [7, 11) is 0. The van der Waals surface area contributed by atoms with Gasteiger partial charge in [-0.25, -0.2) is 0 Å². The molecule has 0 saturated heterocycles. The summed E-state index contributed by atoms with van der Waals surface area (Å²) in [4.78, 5) is 14.9. The Morgan fingerprint density at radius 2 is 1.90 bits per heavy atom. The van der Waals surface area contributed by atoms with Crippen LogP contribution < -0.4 is 4.90 Å². The molecular formula is C18H19NO. The summed E-state index contributed by atoms with van der Waals surface area (Å²) >= 11 is 0. The number of nitrogens with zero attached hydrogens (tertiary/aromatic N) is 1. The summed E-state index contributed by atoms with van der Waals surface area (Å²) in [5.74, 6) is 0.114. The fourth-order valence-electron chi connectivity index (χ4n) is 2.97. The van der Waals surface area contributed by atoms with Crippen LogP contribution >= 0.6 is 0 Å². The van der Waals surface area contributed by atoms with E-state index in [1.165, 1.54) is 5.56 Å². The van der Waals surface area contributed by atoms with E-state index in [0.717, 1.165) is 28.8 Å². The Bertz CT molecular complexity index is 675. The molecule has 2 nitrogen and oxygen atoms in total. The molecule has 0 spiro atoms. The van der Waals surface area contributed by atoms with E-state index >= 15 is 0 Å². The molecule has 0 fully saturated rings. The molecule has 2 aromatic carbocycles. The number of carbonyl (C=O) groups excluding carboxylic acids is 1. The number of benzene rings is 2. The summed E-state index contributed by atoms with van der Waals surface area (Å²) < 4.78 is 0. The molecule has 20 heavy (non-hydrogen) atoms. The number of carbonyl (C=O) groups is 1. The molecule has 102 valence electrons. The average molecular weight is 265 g/mol. The number of hydrogen-bond acceptors (Lipinski definition) is 1. The number of anilines is 1. The van der Waals surface area contributed by atoms with Crippen molar-refractivity contribution in [1.29, 1.82) is 0 Å². The minimum Gasteiger partial charge on any atom is -0.305 e. The van der Waals surface area contributed by atoms with Gasteiger partial charge in [0.2, 0.25) is 0 Å². The number of rotatable bonds is 1. The Labute approximate surface area is 120 Å². The lowest BCUT2D eigenvalue weighted by atomic mass is 10.0. The Morgan fingerprint density at radius 1 is 1.15 bits per heavy atom. The van der Waals surface area contributed by atoms with Gasteiger partial charge < -0.3 is 4.90 Å². The van der Waals surface area contributed by atoms with Crippen molar-refractivity contribution in [3.63, 3.8) is 0 Å². The third-order valence-electron chi connectivity index (χ3n) is 4.05. The van der Waals surface area contributed by atoms with Crippen LogP contribution in [0.2, 0.25) is 0 Å². The molecule has 0 bridgehead atoms. The topological polar surface area (TPSA) is 20.3 Å². The molecule has 1 aliphatic rings. The van der Waals surface area contributed by atoms with Gasteiger partial charge in [0.25, 0.3) is 5.91 Å². The van der Waals surface area contributed by atoms with Crippen molar-refractivity contribution in [3.05, 3.63) is 64.7 Å². The van der Waals surface area contributed by atoms with Crippen molar-refractivity contribution in [3.8, 4) is 0 Å². The first kappa shape index (κ1) is 12.9. The summed E-state index contributed by atoms with van der Waals surface area (Å²) in [5.41, 5.74) is 5.30. The monoisotopic (exact) mass is 265 g/mol. The first-order valence-corrected chi connectivity index (χ1v) is 7.06. The average Bonchev–Trinajstić information content (AvgIpc) is 2.76. The van der Waals surface area contributed by atoms with Crippen LogP contribution in [0.15, 0.2) is 42.5 Å². The number of amides is 1. The van der Waals surface area contributed by atoms with Gasteiger partial charge in [0.15, 0.2) is 0 Å². The molecule has 0 saturated carbocycles. The van der Waals surface area contributed by atoms with E-state index in [0.29, 0.717) is 0 Å². The van der Waals surface area contributed by atoms with Gasteiger partial charge in [-0.05, 0) is 50.5 Å². The van der Waals surface area contributed by atoms with Crippen LogP contribution in [0.3, 0.4) is 0 Å². The Balaban J connectivity index is 2.05. The molecule has 2 heteroatoms. The normalized spacial score (nSPS) is 17.1. The molecule has 0 aromatic heterocycles. The lowest BCUT2D eigenvalue weighted by Crippen LogP contribution is -2.36. The fraction of sp³-hybridized carbons (Fsp3) is 0.278. The maximum atomic E-state index is 12.9. The zero-order valence-corrected chi connectivity index (χ0v) is 12.2. The third kappa shape index (κ3) is 2.01. The highest BCUT2D eigenvalue weighted by molar-refractivity contribution is 6.08. The van der Waals surface area contributed by atoms with Gasteiger partial charge in [0.05, 0.1) is 0 Å². The summed E-state index contributed by atoms with van der Waals surface area (Å²) in [5, 5.41) is 0. The van der Waals surface area contributed by atoms with Crippen LogP contribution in [0.5, 0.6) is 0 Å². The van der Waals surface area contributed by atoms with Crippen LogP contribution in [0.25, 0.3) is 0 Å². The van der Waals surface area contributed by atoms with Crippen molar-refractivity contribution in [2.75, 3.05) is 4.90 Å². The molecule has 1 aliphatic heterocycles. The smallest absolute Gasteiger partial charge is 0.258 e. The number of para-hydroxylation sites is 1. The zero-order valence-electron chi connectivity index (χ0n) is 12.2. The molecule has 1 heterocycles. The summed E-state index contributed by atoms with van der Waals surface area (Å²) in [6, 6.07) is 14.5. The van der Waals surface area contributed by atoms with E-state index in [1.54, 1.807) is 0 Å². The van der Waals surface area contributed by atoms with Gasteiger partial charge in [-0.2, -0.15) is 0 Å². The second-order valence-corrected chi connectivity index (χ2v) is 5.68. The van der Waals surface area contributed by atoms with E-state index in [4.69, 9.17) is 0 Å². The van der Waals surface area contributed by atoms with E-state index < -0.39 is 0 Å². The van der Waals surface area contributed by atoms with E-state index in [2.05, 4.69) is 13.0 Å². The Morgan fingerprint density at radius 3 is 2.70 bits per heavy atom. The lowest BCUT2D eigenvalue weighted by Gasteiger charge is -2.23. The van der Waals surface area contributed by atoms with Crippen LogP contribution in [0.1, 0.15) is 34.0 Å². The van der Waals surface area contributed by atoms with Crippen molar-refractivity contribution >= 4 is 11.6 Å². The van der Waals surface area contributed by atoms with Crippen LogP contribution in [0, 0.1) is 13.8 Å². The fourth-order valence-corrected chi connectivity index (χ4v) is 2.97. The maximum Gasteiger partial charge on any atom is 0.258 e. The molecule has 1 atom stereocenters. The highest BCUT2D eigenvalue weighted by atomic mass is 16.2.